The van der Waals surface area contributed by atoms with Crippen LogP contribution in [0, 0.1) is 5.92 Å². The van der Waals surface area contributed by atoms with Crippen LogP contribution in [0.15, 0.2) is 0 Å². The standard InChI is InChI=1S/C13H24ClNO2/c1-4-13(3,9-14)15-12(16)8-10-6-11(7-10)17-5-2/h10-11H,4-9H2,1-3H3,(H,15,16). The maximum atomic E-state index is 11.8. The molecule has 1 atom stereocenters. The number of carbonyl (C=O) groups is 1. The first kappa shape index (κ1) is 14.8. The van der Waals surface area contributed by atoms with Crippen molar-refractivity contribution in [2.75, 3.05) is 12.5 Å². The summed E-state index contributed by atoms with van der Waals surface area (Å²) in [6.07, 6.45) is 3.88. The quantitative estimate of drug-likeness (QED) is 0.716. The first-order valence-corrected chi connectivity index (χ1v) is 7.05. The summed E-state index contributed by atoms with van der Waals surface area (Å²) in [5.74, 6) is 1.07. The Morgan fingerprint density at radius 2 is 2.12 bits per heavy atom. The summed E-state index contributed by atoms with van der Waals surface area (Å²) >= 11 is 5.87. The van der Waals surface area contributed by atoms with E-state index >= 15 is 0 Å². The van der Waals surface area contributed by atoms with Crippen LogP contribution < -0.4 is 5.32 Å². The van der Waals surface area contributed by atoms with E-state index in [1.807, 2.05) is 20.8 Å². The van der Waals surface area contributed by atoms with E-state index in [2.05, 4.69) is 5.32 Å². The Bertz CT molecular complexity index is 248. The lowest BCUT2D eigenvalue weighted by atomic mass is 9.79. The molecule has 0 radical (unpaired) electrons. The highest BCUT2D eigenvalue weighted by atomic mass is 35.5. The van der Waals surface area contributed by atoms with E-state index < -0.39 is 0 Å². The zero-order chi connectivity index (χ0) is 12.9. The Hall–Kier alpha value is -0.280. The van der Waals surface area contributed by atoms with E-state index in [1.54, 1.807) is 0 Å². The molecule has 1 N–H and O–H groups in total. The van der Waals surface area contributed by atoms with Crippen LogP contribution in [0.4, 0.5) is 0 Å². The third-order valence-corrected chi connectivity index (χ3v) is 4.18. The van der Waals surface area contributed by atoms with Crippen molar-refractivity contribution in [3.8, 4) is 0 Å². The van der Waals surface area contributed by atoms with Gasteiger partial charge in [-0.1, -0.05) is 6.92 Å². The minimum atomic E-state index is -0.262. The second kappa shape index (κ2) is 6.60. The molecule has 1 aliphatic carbocycles. The molecule has 0 heterocycles. The van der Waals surface area contributed by atoms with Crippen molar-refractivity contribution in [3.05, 3.63) is 0 Å². The van der Waals surface area contributed by atoms with Gasteiger partial charge in [-0.2, -0.15) is 0 Å². The number of hydrogen-bond donors (Lipinski definition) is 1. The summed E-state index contributed by atoms with van der Waals surface area (Å²) in [4.78, 5) is 11.8. The Labute approximate surface area is 109 Å². The van der Waals surface area contributed by atoms with Gasteiger partial charge in [-0.25, -0.2) is 0 Å². The second-order valence-electron chi connectivity index (χ2n) is 5.21. The van der Waals surface area contributed by atoms with Gasteiger partial charge in [0.1, 0.15) is 0 Å². The van der Waals surface area contributed by atoms with Gasteiger partial charge in [0.05, 0.1) is 11.6 Å². The van der Waals surface area contributed by atoms with E-state index in [1.165, 1.54) is 0 Å². The fourth-order valence-electron chi connectivity index (χ4n) is 2.08. The lowest BCUT2D eigenvalue weighted by Gasteiger charge is -2.35. The van der Waals surface area contributed by atoms with Gasteiger partial charge in [0, 0.05) is 18.9 Å². The van der Waals surface area contributed by atoms with Crippen LogP contribution in [0.3, 0.4) is 0 Å². The lowest BCUT2D eigenvalue weighted by molar-refractivity contribution is -0.125. The van der Waals surface area contributed by atoms with Crippen LogP contribution in [0.2, 0.25) is 0 Å². The van der Waals surface area contributed by atoms with Crippen LogP contribution in [-0.4, -0.2) is 30.0 Å². The summed E-state index contributed by atoms with van der Waals surface area (Å²) in [7, 11) is 0. The minimum Gasteiger partial charge on any atom is -0.378 e. The van der Waals surface area contributed by atoms with Gasteiger partial charge in [-0.05, 0) is 39.0 Å². The number of rotatable bonds is 7. The number of amides is 1. The van der Waals surface area contributed by atoms with Gasteiger partial charge >= 0.3 is 0 Å². The summed E-state index contributed by atoms with van der Waals surface area (Å²) in [6, 6.07) is 0. The zero-order valence-corrected chi connectivity index (χ0v) is 11.8. The Morgan fingerprint density at radius 1 is 1.47 bits per heavy atom. The molecule has 0 spiro atoms. The zero-order valence-electron chi connectivity index (χ0n) is 11.1. The second-order valence-corrected chi connectivity index (χ2v) is 5.48. The Balaban J connectivity index is 2.23. The van der Waals surface area contributed by atoms with Gasteiger partial charge in [0.2, 0.25) is 5.91 Å². The molecular weight excluding hydrogens is 238 g/mol. The molecule has 0 bridgehead atoms. The average Bonchev–Trinajstić information content (AvgIpc) is 2.26. The number of ether oxygens (including phenoxy) is 1. The Kier molecular flexibility index (Phi) is 5.74. The molecule has 0 aromatic carbocycles. The lowest BCUT2D eigenvalue weighted by Crippen LogP contribution is -2.48. The first-order valence-electron chi connectivity index (χ1n) is 6.51. The number of alkyl halides is 1. The van der Waals surface area contributed by atoms with Crippen LogP contribution in [0.5, 0.6) is 0 Å². The first-order chi connectivity index (χ1) is 8.03. The molecule has 4 heteroatoms. The highest BCUT2D eigenvalue weighted by Gasteiger charge is 2.32. The molecule has 0 aromatic rings. The predicted molar refractivity (Wildman–Crippen MR) is 70.3 cm³/mol. The van der Waals surface area contributed by atoms with Crippen molar-refractivity contribution < 1.29 is 9.53 Å². The van der Waals surface area contributed by atoms with Gasteiger partial charge < -0.3 is 10.1 Å². The van der Waals surface area contributed by atoms with Crippen LogP contribution in [0.1, 0.15) is 46.5 Å². The van der Waals surface area contributed by atoms with Gasteiger partial charge in [-0.15, -0.1) is 11.6 Å². The summed E-state index contributed by atoms with van der Waals surface area (Å²) in [5.41, 5.74) is -0.262. The van der Waals surface area contributed by atoms with Crippen molar-refractivity contribution in [1.82, 2.24) is 5.32 Å². The Morgan fingerprint density at radius 3 is 2.59 bits per heavy atom. The molecule has 0 saturated heterocycles. The largest absolute Gasteiger partial charge is 0.378 e. The minimum absolute atomic E-state index is 0.120. The van der Waals surface area contributed by atoms with Crippen molar-refractivity contribution in [1.29, 1.82) is 0 Å². The van der Waals surface area contributed by atoms with Crippen molar-refractivity contribution in [2.24, 2.45) is 5.92 Å². The predicted octanol–water partition coefficient (Wildman–Crippen LogP) is 2.72. The topological polar surface area (TPSA) is 38.3 Å². The average molecular weight is 262 g/mol. The molecule has 1 amide bonds. The van der Waals surface area contributed by atoms with E-state index in [0.29, 0.717) is 24.3 Å². The molecule has 17 heavy (non-hydrogen) atoms. The number of halogens is 1. The molecule has 1 fully saturated rings. The van der Waals surface area contributed by atoms with E-state index in [0.717, 1.165) is 25.9 Å². The summed E-state index contributed by atoms with van der Waals surface area (Å²) in [5, 5.41) is 3.03. The fourth-order valence-corrected chi connectivity index (χ4v) is 2.33. The number of hydrogen-bond acceptors (Lipinski definition) is 2. The molecule has 100 valence electrons. The SMILES string of the molecule is CCOC1CC(CC(=O)NC(C)(CC)CCl)C1. The molecule has 0 aliphatic heterocycles. The smallest absolute Gasteiger partial charge is 0.220 e. The number of nitrogens with one attached hydrogen (secondary N) is 1. The molecule has 0 aromatic heterocycles. The third kappa shape index (κ3) is 4.47. The molecular formula is C13H24ClNO2. The number of carbonyl (C=O) groups excluding carboxylic acids is 1. The van der Waals surface area contributed by atoms with Crippen molar-refractivity contribution in [3.63, 3.8) is 0 Å². The van der Waals surface area contributed by atoms with Gasteiger partial charge in [0.25, 0.3) is 0 Å². The molecule has 1 rings (SSSR count). The van der Waals surface area contributed by atoms with Crippen LogP contribution >= 0.6 is 11.6 Å². The molecule has 3 nitrogen and oxygen atoms in total. The molecule has 1 saturated carbocycles. The summed E-state index contributed by atoms with van der Waals surface area (Å²) < 4.78 is 5.48. The van der Waals surface area contributed by atoms with Gasteiger partial charge in [-0.3, -0.25) is 4.79 Å². The van der Waals surface area contributed by atoms with E-state index in [9.17, 15) is 4.79 Å². The maximum Gasteiger partial charge on any atom is 0.220 e. The summed E-state index contributed by atoms with van der Waals surface area (Å²) in [6.45, 7) is 6.80. The van der Waals surface area contributed by atoms with E-state index in [4.69, 9.17) is 16.3 Å². The van der Waals surface area contributed by atoms with Crippen molar-refractivity contribution in [2.45, 2.75) is 58.1 Å². The molecule has 1 aliphatic rings. The fraction of sp³-hybridized carbons (Fsp3) is 0.923. The molecule has 1 unspecified atom stereocenters. The third-order valence-electron chi connectivity index (χ3n) is 3.59. The van der Waals surface area contributed by atoms with Crippen molar-refractivity contribution >= 4 is 17.5 Å². The highest BCUT2D eigenvalue weighted by Crippen LogP contribution is 2.32. The normalized spacial score (nSPS) is 27.1. The maximum absolute atomic E-state index is 11.8. The monoisotopic (exact) mass is 261 g/mol. The van der Waals surface area contributed by atoms with Crippen LogP contribution in [0.25, 0.3) is 0 Å². The van der Waals surface area contributed by atoms with Gasteiger partial charge in [0.15, 0.2) is 0 Å². The highest BCUT2D eigenvalue weighted by molar-refractivity contribution is 6.18. The van der Waals surface area contributed by atoms with E-state index in [-0.39, 0.29) is 11.4 Å². The van der Waals surface area contributed by atoms with Crippen LogP contribution in [-0.2, 0) is 9.53 Å².